The van der Waals surface area contributed by atoms with Gasteiger partial charge in [-0.25, -0.2) is 0 Å². The lowest BCUT2D eigenvalue weighted by atomic mass is 9.78. The van der Waals surface area contributed by atoms with Crippen molar-refractivity contribution in [2.24, 2.45) is 0 Å². The van der Waals surface area contributed by atoms with Crippen molar-refractivity contribution in [3.63, 3.8) is 0 Å². The lowest BCUT2D eigenvalue weighted by molar-refractivity contribution is 0.411. The van der Waals surface area contributed by atoms with E-state index in [9.17, 15) is 0 Å². The minimum absolute atomic E-state index is 0.619. The van der Waals surface area contributed by atoms with Gasteiger partial charge < -0.3 is 10.1 Å². The van der Waals surface area contributed by atoms with Gasteiger partial charge in [-0.05, 0) is 72.9 Å². The molecule has 0 amide bonds. The van der Waals surface area contributed by atoms with Crippen LogP contribution >= 0.6 is 11.3 Å². The zero-order valence-electron chi connectivity index (χ0n) is 14.2. The Balaban J connectivity index is 1.79. The fourth-order valence-corrected chi connectivity index (χ4v) is 4.59. The molecular formula is C20H27NOS. The number of benzene rings is 1. The summed E-state index contributed by atoms with van der Waals surface area (Å²) in [4.78, 5) is 1.52. The lowest BCUT2D eigenvalue weighted by Gasteiger charge is -2.29. The second-order valence-electron chi connectivity index (χ2n) is 6.41. The quantitative estimate of drug-likeness (QED) is 0.775. The summed E-state index contributed by atoms with van der Waals surface area (Å²) in [6, 6.07) is 11.1. The van der Waals surface area contributed by atoms with Crippen molar-refractivity contribution in [1.29, 1.82) is 0 Å². The van der Waals surface area contributed by atoms with Gasteiger partial charge in [-0.15, -0.1) is 11.3 Å². The Morgan fingerprint density at radius 3 is 3.00 bits per heavy atom. The van der Waals surface area contributed by atoms with Crippen LogP contribution in [0.3, 0.4) is 0 Å². The molecule has 0 bridgehead atoms. The SMILES string of the molecule is CCNCC(CC1CCCc2cc(OC)ccc21)c1cccs1. The molecule has 3 rings (SSSR count). The van der Waals surface area contributed by atoms with E-state index in [1.165, 1.54) is 36.1 Å². The maximum atomic E-state index is 5.40. The van der Waals surface area contributed by atoms with Gasteiger partial charge in [-0.2, -0.15) is 0 Å². The molecule has 0 saturated carbocycles. The summed E-state index contributed by atoms with van der Waals surface area (Å²) in [5, 5.41) is 5.76. The van der Waals surface area contributed by atoms with Crippen molar-refractivity contribution in [1.82, 2.24) is 5.32 Å². The first-order chi connectivity index (χ1) is 11.3. The monoisotopic (exact) mass is 329 g/mol. The molecule has 2 nitrogen and oxygen atoms in total. The molecule has 2 unspecified atom stereocenters. The lowest BCUT2D eigenvalue weighted by Crippen LogP contribution is -2.23. The van der Waals surface area contributed by atoms with E-state index in [1.807, 2.05) is 11.3 Å². The molecule has 0 aliphatic heterocycles. The van der Waals surface area contributed by atoms with Crippen molar-refractivity contribution in [2.75, 3.05) is 20.2 Å². The molecule has 3 heteroatoms. The number of thiophene rings is 1. The van der Waals surface area contributed by atoms with Crippen LogP contribution < -0.4 is 10.1 Å². The number of ether oxygens (including phenoxy) is 1. The summed E-state index contributed by atoms with van der Waals surface area (Å²) in [6.07, 6.45) is 5.04. The summed E-state index contributed by atoms with van der Waals surface area (Å²) < 4.78 is 5.40. The topological polar surface area (TPSA) is 21.3 Å². The first-order valence-electron chi connectivity index (χ1n) is 8.72. The zero-order valence-corrected chi connectivity index (χ0v) is 15.0. The van der Waals surface area contributed by atoms with E-state index in [2.05, 4.69) is 48.0 Å². The molecule has 1 aliphatic carbocycles. The number of nitrogens with one attached hydrogen (secondary N) is 1. The Bertz CT molecular complexity index is 608. The Morgan fingerprint density at radius 2 is 2.26 bits per heavy atom. The molecule has 1 aliphatic rings. The van der Waals surface area contributed by atoms with Crippen LogP contribution in [-0.2, 0) is 6.42 Å². The first-order valence-corrected chi connectivity index (χ1v) is 9.60. The Kier molecular flexibility index (Phi) is 5.74. The molecule has 0 saturated heterocycles. The van der Waals surface area contributed by atoms with Crippen molar-refractivity contribution >= 4 is 11.3 Å². The van der Waals surface area contributed by atoms with Gasteiger partial charge in [0.15, 0.2) is 0 Å². The first kappa shape index (κ1) is 16.5. The van der Waals surface area contributed by atoms with Crippen LogP contribution in [0.2, 0.25) is 0 Å². The summed E-state index contributed by atoms with van der Waals surface area (Å²) in [5.74, 6) is 2.29. The average Bonchev–Trinajstić information content (AvgIpc) is 3.12. The van der Waals surface area contributed by atoms with E-state index in [0.29, 0.717) is 11.8 Å². The van der Waals surface area contributed by atoms with Crippen molar-refractivity contribution in [3.8, 4) is 5.75 Å². The fourth-order valence-electron chi connectivity index (χ4n) is 3.75. The van der Waals surface area contributed by atoms with E-state index in [4.69, 9.17) is 4.74 Å². The van der Waals surface area contributed by atoms with Crippen LogP contribution in [0.25, 0.3) is 0 Å². The van der Waals surface area contributed by atoms with Gasteiger partial charge in [0.05, 0.1) is 7.11 Å². The summed E-state index contributed by atoms with van der Waals surface area (Å²) >= 11 is 1.90. The van der Waals surface area contributed by atoms with Gasteiger partial charge in [0, 0.05) is 17.3 Å². The molecule has 0 spiro atoms. The van der Waals surface area contributed by atoms with Crippen molar-refractivity contribution in [2.45, 2.75) is 44.4 Å². The van der Waals surface area contributed by atoms with Crippen LogP contribution in [0.15, 0.2) is 35.7 Å². The van der Waals surface area contributed by atoms with Crippen LogP contribution in [0.4, 0.5) is 0 Å². The third-order valence-electron chi connectivity index (χ3n) is 4.94. The standard InChI is InChI=1S/C20H27NOS/c1-3-21-14-17(20-8-5-11-23-20)12-15-6-4-7-16-13-18(22-2)9-10-19(15)16/h5,8-11,13,15,17,21H,3-4,6-7,12,14H2,1-2H3. The average molecular weight is 330 g/mol. The summed E-state index contributed by atoms with van der Waals surface area (Å²) in [6.45, 7) is 4.31. The molecule has 2 atom stereocenters. The van der Waals surface area contributed by atoms with E-state index in [-0.39, 0.29) is 0 Å². The number of likely N-dealkylation sites (N-methyl/N-ethyl adjacent to an activating group) is 1. The van der Waals surface area contributed by atoms with Gasteiger partial charge in [-0.1, -0.05) is 19.1 Å². The predicted octanol–water partition coefficient (Wildman–Crippen LogP) is 4.96. The number of methoxy groups -OCH3 is 1. The van der Waals surface area contributed by atoms with Gasteiger partial charge in [0.2, 0.25) is 0 Å². The highest BCUT2D eigenvalue weighted by atomic mass is 32.1. The smallest absolute Gasteiger partial charge is 0.119 e. The molecule has 0 fully saturated rings. The Labute approximate surface area is 143 Å². The van der Waals surface area contributed by atoms with E-state index < -0.39 is 0 Å². The molecule has 1 N–H and O–H groups in total. The number of fused-ring (bicyclic) bond motifs is 1. The molecule has 1 aromatic carbocycles. The molecule has 124 valence electrons. The van der Waals surface area contributed by atoms with Gasteiger partial charge >= 0.3 is 0 Å². The number of hydrogen-bond donors (Lipinski definition) is 1. The van der Waals surface area contributed by atoms with E-state index in [0.717, 1.165) is 18.8 Å². The van der Waals surface area contributed by atoms with Gasteiger partial charge in [-0.3, -0.25) is 0 Å². The number of hydrogen-bond acceptors (Lipinski definition) is 3. The molecule has 23 heavy (non-hydrogen) atoms. The third kappa shape index (κ3) is 3.96. The Morgan fingerprint density at radius 1 is 1.35 bits per heavy atom. The fraction of sp³-hybridized carbons (Fsp3) is 0.500. The van der Waals surface area contributed by atoms with E-state index in [1.54, 1.807) is 12.7 Å². The van der Waals surface area contributed by atoms with Crippen LogP contribution in [0.5, 0.6) is 5.75 Å². The molecule has 1 heterocycles. The van der Waals surface area contributed by atoms with E-state index >= 15 is 0 Å². The minimum Gasteiger partial charge on any atom is -0.497 e. The van der Waals surface area contributed by atoms with Crippen LogP contribution in [0.1, 0.15) is 54.0 Å². The summed E-state index contributed by atoms with van der Waals surface area (Å²) in [7, 11) is 1.76. The highest BCUT2D eigenvalue weighted by Crippen LogP contribution is 2.40. The van der Waals surface area contributed by atoms with Crippen molar-refractivity contribution in [3.05, 3.63) is 51.7 Å². The second kappa shape index (κ2) is 7.98. The normalized spacial score (nSPS) is 18.4. The third-order valence-corrected chi connectivity index (χ3v) is 5.98. The highest BCUT2D eigenvalue weighted by Gasteiger charge is 2.25. The predicted molar refractivity (Wildman–Crippen MR) is 98.9 cm³/mol. The van der Waals surface area contributed by atoms with Crippen LogP contribution in [-0.4, -0.2) is 20.2 Å². The van der Waals surface area contributed by atoms with Crippen LogP contribution in [0, 0.1) is 0 Å². The molecule has 1 aromatic heterocycles. The molecule has 0 radical (unpaired) electrons. The summed E-state index contributed by atoms with van der Waals surface area (Å²) in [5.41, 5.74) is 3.05. The molecular weight excluding hydrogens is 302 g/mol. The maximum Gasteiger partial charge on any atom is 0.119 e. The number of aryl methyl sites for hydroxylation is 1. The zero-order chi connectivity index (χ0) is 16.1. The number of rotatable bonds is 7. The highest BCUT2D eigenvalue weighted by molar-refractivity contribution is 7.10. The molecule has 2 aromatic rings. The second-order valence-corrected chi connectivity index (χ2v) is 7.39. The van der Waals surface area contributed by atoms with Gasteiger partial charge in [0.25, 0.3) is 0 Å². The van der Waals surface area contributed by atoms with Gasteiger partial charge in [0.1, 0.15) is 5.75 Å². The maximum absolute atomic E-state index is 5.40. The minimum atomic E-state index is 0.619. The van der Waals surface area contributed by atoms with Crippen molar-refractivity contribution < 1.29 is 4.74 Å². The Hall–Kier alpha value is -1.32. The largest absolute Gasteiger partial charge is 0.497 e.